The summed E-state index contributed by atoms with van der Waals surface area (Å²) in [6.45, 7) is 2.19. The summed E-state index contributed by atoms with van der Waals surface area (Å²) in [5.41, 5.74) is 4.98. The molecule has 2 aliphatic heterocycles. The Hall–Kier alpha value is -2.55. The lowest BCUT2D eigenvalue weighted by Crippen LogP contribution is -2.24. The van der Waals surface area contributed by atoms with Crippen molar-refractivity contribution in [1.82, 2.24) is 0 Å². The van der Waals surface area contributed by atoms with Gasteiger partial charge in [-0.2, -0.15) is 0 Å². The van der Waals surface area contributed by atoms with Crippen LogP contribution in [0.3, 0.4) is 0 Å². The Morgan fingerprint density at radius 1 is 1.14 bits per heavy atom. The second-order valence-electron chi connectivity index (χ2n) is 5.63. The van der Waals surface area contributed by atoms with Gasteiger partial charge in [0.15, 0.2) is 0 Å². The fourth-order valence-electron chi connectivity index (χ4n) is 3.48. The molecule has 104 valence electrons. The van der Waals surface area contributed by atoms with Gasteiger partial charge in [0.25, 0.3) is 0 Å². The first-order valence-corrected chi connectivity index (χ1v) is 7.10. The number of aromatic carboxylic acids is 1. The van der Waals surface area contributed by atoms with Crippen molar-refractivity contribution >= 4 is 17.4 Å². The lowest BCUT2D eigenvalue weighted by Gasteiger charge is -2.25. The molecule has 0 radical (unpaired) electrons. The minimum atomic E-state index is -0.875. The second kappa shape index (κ2) is 4.22. The normalized spacial score (nSPS) is 22.1. The average molecular weight is 277 g/mol. The fraction of sp³-hybridized carbons (Fsp3) is 0.167. The summed E-state index contributed by atoms with van der Waals surface area (Å²) in [5.74, 6) is -0.530. The molecule has 2 aromatic rings. The smallest absolute Gasteiger partial charge is 0.335 e. The van der Waals surface area contributed by atoms with E-state index in [0.29, 0.717) is 17.5 Å². The van der Waals surface area contributed by atoms with Crippen LogP contribution in [-0.4, -0.2) is 17.1 Å². The van der Waals surface area contributed by atoms with Crippen LogP contribution < -0.4 is 4.90 Å². The molecule has 2 unspecified atom stereocenters. The second-order valence-corrected chi connectivity index (χ2v) is 5.63. The van der Waals surface area contributed by atoms with Crippen molar-refractivity contribution in [1.29, 1.82) is 0 Å². The van der Waals surface area contributed by atoms with E-state index in [0.717, 1.165) is 5.69 Å². The molecule has 2 aromatic carbocycles. The molecular weight excluding hydrogens is 262 g/mol. The Balaban J connectivity index is 1.84. The SMILES string of the molecule is CC1C2C=C(c3ccccc3)N1c1cc(C(=O)O)ccc12. The molecule has 3 heteroatoms. The van der Waals surface area contributed by atoms with Crippen LogP contribution in [0.25, 0.3) is 5.70 Å². The number of fused-ring (bicyclic) bond motifs is 5. The highest BCUT2D eigenvalue weighted by atomic mass is 16.4. The zero-order chi connectivity index (χ0) is 14.6. The van der Waals surface area contributed by atoms with Crippen LogP contribution in [0.2, 0.25) is 0 Å². The molecular formula is C18H15NO2. The van der Waals surface area contributed by atoms with Crippen LogP contribution >= 0.6 is 0 Å². The molecule has 0 amide bonds. The molecule has 2 bridgehead atoms. The lowest BCUT2D eigenvalue weighted by atomic mass is 9.94. The molecule has 21 heavy (non-hydrogen) atoms. The van der Waals surface area contributed by atoms with Gasteiger partial charge in [-0.25, -0.2) is 4.79 Å². The first kappa shape index (κ1) is 12.2. The van der Waals surface area contributed by atoms with Gasteiger partial charge >= 0.3 is 5.97 Å². The quantitative estimate of drug-likeness (QED) is 0.909. The first-order chi connectivity index (χ1) is 10.2. The van der Waals surface area contributed by atoms with Crippen LogP contribution in [-0.2, 0) is 0 Å². The molecule has 0 fully saturated rings. The summed E-state index contributed by atoms with van der Waals surface area (Å²) < 4.78 is 0. The summed E-state index contributed by atoms with van der Waals surface area (Å²) in [7, 11) is 0. The molecule has 0 spiro atoms. The van der Waals surface area contributed by atoms with E-state index in [1.54, 1.807) is 12.1 Å². The van der Waals surface area contributed by atoms with E-state index in [-0.39, 0.29) is 0 Å². The van der Waals surface area contributed by atoms with Crippen molar-refractivity contribution < 1.29 is 9.90 Å². The third kappa shape index (κ3) is 1.64. The third-order valence-corrected chi connectivity index (χ3v) is 4.49. The topological polar surface area (TPSA) is 40.5 Å². The Morgan fingerprint density at radius 3 is 2.62 bits per heavy atom. The maximum atomic E-state index is 11.2. The van der Waals surface area contributed by atoms with Gasteiger partial charge < -0.3 is 10.0 Å². The van der Waals surface area contributed by atoms with Crippen molar-refractivity contribution in [3.8, 4) is 0 Å². The van der Waals surface area contributed by atoms with Gasteiger partial charge in [-0.15, -0.1) is 0 Å². The lowest BCUT2D eigenvalue weighted by molar-refractivity contribution is 0.0697. The third-order valence-electron chi connectivity index (χ3n) is 4.49. The number of carbonyl (C=O) groups is 1. The van der Waals surface area contributed by atoms with E-state index >= 15 is 0 Å². The number of hydrogen-bond donors (Lipinski definition) is 1. The van der Waals surface area contributed by atoms with Crippen LogP contribution in [0.4, 0.5) is 5.69 Å². The van der Waals surface area contributed by atoms with Crippen LogP contribution in [0.5, 0.6) is 0 Å². The molecule has 2 heterocycles. The van der Waals surface area contributed by atoms with E-state index in [9.17, 15) is 9.90 Å². The summed E-state index contributed by atoms with van der Waals surface area (Å²) in [6, 6.07) is 16.1. The summed E-state index contributed by atoms with van der Waals surface area (Å²) in [5, 5.41) is 9.20. The van der Waals surface area contributed by atoms with Crippen LogP contribution in [0.15, 0.2) is 54.6 Å². The van der Waals surface area contributed by atoms with Crippen LogP contribution in [0, 0.1) is 0 Å². The maximum absolute atomic E-state index is 11.2. The Bertz CT molecular complexity index is 764. The zero-order valence-electron chi connectivity index (χ0n) is 11.7. The number of carboxylic acid groups (broad SMARTS) is 1. The first-order valence-electron chi connectivity index (χ1n) is 7.10. The molecule has 1 N–H and O–H groups in total. The largest absolute Gasteiger partial charge is 0.478 e. The minimum absolute atomic E-state index is 0.345. The van der Waals surface area contributed by atoms with Gasteiger partial charge in [0.1, 0.15) is 0 Å². The molecule has 0 saturated heterocycles. The number of benzene rings is 2. The predicted molar refractivity (Wildman–Crippen MR) is 82.5 cm³/mol. The molecule has 4 rings (SSSR count). The van der Waals surface area contributed by atoms with Gasteiger partial charge in [0.2, 0.25) is 0 Å². The highest BCUT2D eigenvalue weighted by Crippen LogP contribution is 2.51. The van der Waals surface area contributed by atoms with Crippen molar-refractivity contribution in [3.63, 3.8) is 0 Å². The van der Waals surface area contributed by atoms with Gasteiger partial charge in [0, 0.05) is 23.3 Å². The van der Waals surface area contributed by atoms with Gasteiger partial charge in [-0.3, -0.25) is 0 Å². The van der Waals surface area contributed by atoms with E-state index in [1.165, 1.54) is 16.8 Å². The maximum Gasteiger partial charge on any atom is 0.335 e. The van der Waals surface area contributed by atoms with E-state index < -0.39 is 5.97 Å². The minimum Gasteiger partial charge on any atom is -0.478 e. The Morgan fingerprint density at radius 2 is 1.90 bits per heavy atom. The summed E-state index contributed by atoms with van der Waals surface area (Å²) in [4.78, 5) is 13.5. The predicted octanol–water partition coefficient (Wildman–Crippen LogP) is 3.73. The van der Waals surface area contributed by atoms with Gasteiger partial charge in [-0.1, -0.05) is 42.5 Å². The summed E-state index contributed by atoms with van der Waals surface area (Å²) >= 11 is 0. The Kier molecular flexibility index (Phi) is 2.45. The number of carboxylic acids is 1. The monoisotopic (exact) mass is 277 g/mol. The van der Waals surface area contributed by atoms with Crippen molar-refractivity contribution in [2.75, 3.05) is 4.90 Å². The van der Waals surface area contributed by atoms with Gasteiger partial charge in [0.05, 0.1) is 5.56 Å². The van der Waals surface area contributed by atoms with E-state index in [1.807, 2.05) is 24.3 Å². The van der Waals surface area contributed by atoms with Crippen LogP contribution in [0.1, 0.15) is 34.3 Å². The molecule has 0 aromatic heterocycles. The molecule has 0 saturated carbocycles. The zero-order valence-corrected chi connectivity index (χ0v) is 11.7. The van der Waals surface area contributed by atoms with E-state index in [4.69, 9.17) is 0 Å². The number of hydrogen-bond acceptors (Lipinski definition) is 2. The number of anilines is 1. The fourth-order valence-corrected chi connectivity index (χ4v) is 3.48. The molecule has 2 aliphatic rings. The molecule has 3 nitrogen and oxygen atoms in total. The molecule has 0 aliphatic carbocycles. The number of rotatable bonds is 2. The Labute approximate surface area is 123 Å². The van der Waals surface area contributed by atoms with Gasteiger partial charge in [-0.05, 0) is 30.2 Å². The van der Waals surface area contributed by atoms with E-state index in [2.05, 4.69) is 30.0 Å². The summed E-state index contributed by atoms with van der Waals surface area (Å²) in [6.07, 6.45) is 2.29. The number of nitrogens with zero attached hydrogens (tertiary/aromatic N) is 1. The molecule has 2 atom stereocenters. The van der Waals surface area contributed by atoms with Crippen molar-refractivity contribution in [2.45, 2.75) is 18.9 Å². The standard InChI is InChI=1S/C18H15NO2/c1-11-15-10-16(12-5-3-2-4-6-12)19(11)17-9-13(18(20)21)7-8-14(15)17/h2-11,15H,1H3,(H,20,21). The van der Waals surface area contributed by atoms with Crippen molar-refractivity contribution in [3.05, 3.63) is 71.3 Å². The average Bonchev–Trinajstić information content (AvgIpc) is 2.98. The van der Waals surface area contributed by atoms with Crippen molar-refractivity contribution in [2.24, 2.45) is 0 Å². The highest BCUT2D eigenvalue weighted by Gasteiger charge is 2.42. The highest BCUT2D eigenvalue weighted by molar-refractivity contribution is 5.94.